The summed E-state index contributed by atoms with van der Waals surface area (Å²) in [6.07, 6.45) is 0. The Morgan fingerprint density at radius 1 is 0.828 bits per heavy atom. The number of aryl methyl sites for hydroxylation is 1. The van der Waals surface area contributed by atoms with Crippen LogP contribution in [0.2, 0.25) is 0 Å². The standard InChI is InChI=1S/C20H17F2N5O2/c1-11-9-18(19(29)25-15-7-8-16(21)17(22)10-15)27-20(23-11)26-14-5-3-13(4-6-14)24-12(2)28/h3-10H,1-2H3,(H,24,28)(H,25,29)(H,23,26,27). The summed E-state index contributed by atoms with van der Waals surface area (Å²) in [6, 6.07) is 11.4. The van der Waals surface area contributed by atoms with E-state index < -0.39 is 17.5 Å². The largest absolute Gasteiger partial charge is 0.326 e. The summed E-state index contributed by atoms with van der Waals surface area (Å²) in [5.74, 6) is -2.65. The van der Waals surface area contributed by atoms with Crippen molar-refractivity contribution in [2.24, 2.45) is 0 Å². The summed E-state index contributed by atoms with van der Waals surface area (Å²) >= 11 is 0. The molecule has 0 unspecified atom stereocenters. The van der Waals surface area contributed by atoms with Crippen molar-refractivity contribution in [1.82, 2.24) is 9.97 Å². The molecule has 1 heterocycles. The zero-order valence-electron chi connectivity index (χ0n) is 15.6. The van der Waals surface area contributed by atoms with E-state index in [1.54, 1.807) is 31.2 Å². The minimum absolute atomic E-state index is 0.0552. The molecule has 3 aromatic rings. The van der Waals surface area contributed by atoms with E-state index in [4.69, 9.17) is 0 Å². The first kappa shape index (κ1) is 19.9. The molecule has 148 valence electrons. The van der Waals surface area contributed by atoms with Gasteiger partial charge >= 0.3 is 0 Å². The average Bonchev–Trinajstić information content (AvgIpc) is 2.65. The fourth-order valence-corrected chi connectivity index (χ4v) is 2.48. The van der Waals surface area contributed by atoms with Gasteiger partial charge in [-0.2, -0.15) is 0 Å². The predicted octanol–water partition coefficient (Wildman–Crippen LogP) is 4.02. The number of halogens is 2. The highest BCUT2D eigenvalue weighted by molar-refractivity contribution is 6.03. The van der Waals surface area contributed by atoms with E-state index in [1.807, 2.05) is 0 Å². The molecule has 1 aromatic heterocycles. The third kappa shape index (κ3) is 5.32. The first-order valence-corrected chi connectivity index (χ1v) is 8.57. The van der Waals surface area contributed by atoms with Crippen LogP contribution in [0.1, 0.15) is 23.1 Å². The van der Waals surface area contributed by atoms with Crippen molar-refractivity contribution in [2.45, 2.75) is 13.8 Å². The van der Waals surface area contributed by atoms with Crippen LogP contribution in [-0.4, -0.2) is 21.8 Å². The molecule has 0 fully saturated rings. The molecule has 0 radical (unpaired) electrons. The summed E-state index contributed by atoms with van der Waals surface area (Å²) in [5, 5.41) is 8.10. The van der Waals surface area contributed by atoms with Crippen molar-refractivity contribution in [3.63, 3.8) is 0 Å². The van der Waals surface area contributed by atoms with Gasteiger partial charge in [0, 0.05) is 35.7 Å². The van der Waals surface area contributed by atoms with E-state index in [9.17, 15) is 18.4 Å². The number of carbonyl (C=O) groups excluding carboxylic acids is 2. The first-order valence-electron chi connectivity index (χ1n) is 8.57. The Kier molecular flexibility index (Phi) is 5.77. The van der Waals surface area contributed by atoms with Gasteiger partial charge < -0.3 is 16.0 Å². The van der Waals surface area contributed by atoms with Crippen LogP contribution < -0.4 is 16.0 Å². The molecule has 2 amide bonds. The number of aromatic nitrogens is 2. The molecular weight excluding hydrogens is 380 g/mol. The summed E-state index contributed by atoms with van der Waals surface area (Å²) in [5.41, 5.74) is 1.98. The molecule has 0 aliphatic heterocycles. The molecule has 0 spiro atoms. The number of carbonyl (C=O) groups is 2. The van der Waals surface area contributed by atoms with Gasteiger partial charge in [0.2, 0.25) is 11.9 Å². The van der Waals surface area contributed by atoms with Crippen molar-refractivity contribution < 1.29 is 18.4 Å². The van der Waals surface area contributed by atoms with Crippen LogP contribution in [0.4, 0.5) is 31.8 Å². The van der Waals surface area contributed by atoms with Gasteiger partial charge in [-0.3, -0.25) is 9.59 Å². The van der Waals surface area contributed by atoms with Gasteiger partial charge in [-0.1, -0.05) is 0 Å². The normalized spacial score (nSPS) is 10.3. The Morgan fingerprint density at radius 3 is 2.14 bits per heavy atom. The van der Waals surface area contributed by atoms with Crippen molar-refractivity contribution >= 4 is 34.8 Å². The van der Waals surface area contributed by atoms with Crippen LogP contribution >= 0.6 is 0 Å². The van der Waals surface area contributed by atoms with E-state index in [0.717, 1.165) is 12.1 Å². The maximum absolute atomic E-state index is 13.3. The van der Waals surface area contributed by atoms with Crippen molar-refractivity contribution in [2.75, 3.05) is 16.0 Å². The van der Waals surface area contributed by atoms with E-state index in [0.29, 0.717) is 17.1 Å². The highest BCUT2D eigenvalue weighted by Gasteiger charge is 2.13. The second-order valence-corrected chi connectivity index (χ2v) is 6.18. The summed E-state index contributed by atoms with van der Waals surface area (Å²) in [7, 11) is 0. The van der Waals surface area contributed by atoms with Crippen LogP contribution in [0, 0.1) is 18.6 Å². The Hall–Kier alpha value is -3.88. The summed E-state index contributed by atoms with van der Waals surface area (Å²) < 4.78 is 26.3. The number of nitrogens with one attached hydrogen (secondary N) is 3. The number of hydrogen-bond donors (Lipinski definition) is 3. The van der Waals surface area contributed by atoms with Crippen molar-refractivity contribution in [3.05, 3.63) is 71.6 Å². The van der Waals surface area contributed by atoms with E-state index in [-0.39, 0.29) is 23.2 Å². The van der Waals surface area contributed by atoms with Crippen molar-refractivity contribution in [3.8, 4) is 0 Å². The van der Waals surface area contributed by atoms with Crippen LogP contribution in [0.25, 0.3) is 0 Å². The van der Waals surface area contributed by atoms with E-state index in [1.165, 1.54) is 19.1 Å². The van der Waals surface area contributed by atoms with Gasteiger partial charge in [0.15, 0.2) is 11.6 Å². The van der Waals surface area contributed by atoms with Gasteiger partial charge in [-0.15, -0.1) is 0 Å². The molecule has 0 atom stereocenters. The summed E-state index contributed by atoms with van der Waals surface area (Å²) in [6.45, 7) is 3.11. The monoisotopic (exact) mass is 397 g/mol. The fourth-order valence-electron chi connectivity index (χ4n) is 2.48. The molecule has 29 heavy (non-hydrogen) atoms. The van der Waals surface area contributed by atoms with Crippen LogP contribution in [0.15, 0.2) is 48.5 Å². The zero-order valence-corrected chi connectivity index (χ0v) is 15.6. The van der Waals surface area contributed by atoms with Gasteiger partial charge in [-0.05, 0) is 49.4 Å². The van der Waals surface area contributed by atoms with Gasteiger partial charge in [0.05, 0.1) is 0 Å². The molecule has 2 aromatic carbocycles. The maximum atomic E-state index is 13.3. The Morgan fingerprint density at radius 2 is 1.48 bits per heavy atom. The second kappa shape index (κ2) is 8.42. The molecule has 7 nitrogen and oxygen atoms in total. The summed E-state index contributed by atoms with van der Waals surface area (Å²) in [4.78, 5) is 31.9. The quantitative estimate of drug-likeness (QED) is 0.604. The molecule has 0 saturated carbocycles. The maximum Gasteiger partial charge on any atom is 0.274 e. The SMILES string of the molecule is CC(=O)Nc1ccc(Nc2nc(C)cc(C(=O)Nc3ccc(F)c(F)c3)n2)cc1. The zero-order chi connectivity index (χ0) is 21.0. The Labute approximate surface area is 165 Å². The van der Waals surface area contributed by atoms with Crippen LogP contribution in [0.5, 0.6) is 0 Å². The first-order chi connectivity index (χ1) is 13.8. The molecule has 3 N–H and O–H groups in total. The Bertz CT molecular complexity index is 1070. The average molecular weight is 397 g/mol. The molecule has 0 aliphatic carbocycles. The molecular formula is C20H17F2N5O2. The lowest BCUT2D eigenvalue weighted by atomic mass is 10.2. The lowest BCUT2D eigenvalue weighted by molar-refractivity contribution is -0.114. The molecule has 0 aliphatic rings. The van der Waals surface area contributed by atoms with Gasteiger partial charge in [-0.25, -0.2) is 18.7 Å². The highest BCUT2D eigenvalue weighted by Crippen LogP contribution is 2.18. The number of hydrogen-bond acceptors (Lipinski definition) is 5. The molecule has 0 bridgehead atoms. The van der Waals surface area contributed by atoms with Crippen molar-refractivity contribution in [1.29, 1.82) is 0 Å². The minimum atomic E-state index is -1.06. The van der Waals surface area contributed by atoms with E-state index >= 15 is 0 Å². The smallest absolute Gasteiger partial charge is 0.274 e. The van der Waals surface area contributed by atoms with Crippen LogP contribution in [-0.2, 0) is 4.79 Å². The van der Waals surface area contributed by atoms with Crippen LogP contribution in [0.3, 0.4) is 0 Å². The third-order valence-electron chi connectivity index (χ3n) is 3.73. The van der Waals surface area contributed by atoms with Gasteiger partial charge in [0.25, 0.3) is 5.91 Å². The number of rotatable bonds is 5. The number of amides is 2. The lowest BCUT2D eigenvalue weighted by Crippen LogP contribution is -2.15. The topological polar surface area (TPSA) is 96.0 Å². The highest BCUT2D eigenvalue weighted by atomic mass is 19.2. The fraction of sp³-hybridized carbons (Fsp3) is 0.100. The van der Waals surface area contributed by atoms with Gasteiger partial charge in [0.1, 0.15) is 5.69 Å². The molecule has 3 rings (SSSR count). The number of nitrogens with zero attached hydrogens (tertiary/aromatic N) is 2. The predicted molar refractivity (Wildman–Crippen MR) is 105 cm³/mol. The lowest BCUT2D eigenvalue weighted by Gasteiger charge is -2.10. The Balaban J connectivity index is 1.75. The molecule has 9 heteroatoms. The number of anilines is 4. The number of benzene rings is 2. The second-order valence-electron chi connectivity index (χ2n) is 6.18. The van der Waals surface area contributed by atoms with E-state index in [2.05, 4.69) is 25.9 Å². The molecule has 0 saturated heterocycles. The third-order valence-corrected chi connectivity index (χ3v) is 3.73. The minimum Gasteiger partial charge on any atom is -0.326 e.